The van der Waals surface area contributed by atoms with Gasteiger partial charge in [0.2, 0.25) is 17.8 Å². The van der Waals surface area contributed by atoms with E-state index in [0.717, 1.165) is 31.8 Å². The highest BCUT2D eigenvalue weighted by Gasteiger charge is 2.21. The molecule has 0 radical (unpaired) electrons. The van der Waals surface area contributed by atoms with Gasteiger partial charge in [-0.1, -0.05) is 6.92 Å². The summed E-state index contributed by atoms with van der Waals surface area (Å²) in [4.78, 5) is 16.1. The molecule has 1 aliphatic carbocycles. The SMILES string of the molecule is CC1CCC(Nc2nc(NCCOCCOCCN)nc(N3CCOCC3)n2)CC1. The van der Waals surface area contributed by atoms with Gasteiger partial charge in [-0.3, -0.25) is 0 Å². The lowest BCUT2D eigenvalue weighted by molar-refractivity contribution is 0.0547. The van der Waals surface area contributed by atoms with Gasteiger partial charge in [-0.2, -0.15) is 15.0 Å². The topological polar surface area (TPSA) is 120 Å². The van der Waals surface area contributed by atoms with Crippen molar-refractivity contribution in [2.75, 3.05) is 81.4 Å². The Hall–Kier alpha value is -1.75. The lowest BCUT2D eigenvalue weighted by atomic mass is 9.87. The minimum Gasteiger partial charge on any atom is -0.378 e. The van der Waals surface area contributed by atoms with Crippen LogP contribution in [0.5, 0.6) is 0 Å². The predicted molar refractivity (Wildman–Crippen MR) is 117 cm³/mol. The molecule has 10 nitrogen and oxygen atoms in total. The normalized spacial score (nSPS) is 22.1. The van der Waals surface area contributed by atoms with Crippen molar-refractivity contribution in [3.05, 3.63) is 0 Å². The number of nitrogens with zero attached hydrogens (tertiary/aromatic N) is 4. The molecular weight excluding hydrogens is 386 g/mol. The average molecular weight is 424 g/mol. The fraction of sp³-hybridized carbons (Fsp3) is 0.850. The molecule has 170 valence electrons. The number of hydrogen-bond donors (Lipinski definition) is 3. The van der Waals surface area contributed by atoms with Gasteiger partial charge in [0.05, 0.1) is 39.6 Å². The van der Waals surface area contributed by atoms with Crippen molar-refractivity contribution in [3.63, 3.8) is 0 Å². The van der Waals surface area contributed by atoms with Crippen LogP contribution < -0.4 is 21.3 Å². The molecule has 10 heteroatoms. The van der Waals surface area contributed by atoms with Crippen LogP contribution in [0.1, 0.15) is 32.6 Å². The van der Waals surface area contributed by atoms with Gasteiger partial charge < -0.3 is 35.5 Å². The molecule has 0 aromatic carbocycles. The first-order chi connectivity index (χ1) is 14.7. The van der Waals surface area contributed by atoms with Crippen LogP contribution in [0.4, 0.5) is 17.8 Å². The molecular formula is C20H37N7O3. The van der Waals surface area contributed by atoms with Crippen LogP contribution in [0.15, 0.2) is 0 Å². The molecule has 3 rings (SSSR count). The van der Waals surface area contributed by atoms with Gasteiger partial charge in [0, 0.05) is 32.2 Å². The summed E-state index contributed by atoms with van der Waals surface area (Å²) in [5.41, 5.74) is 5.39. The van der Waals surface area contributed by atoms with Crippen LogP contribution in [-0.2, 0) is 14.2 Å². The molecule has 2 fully saturated rings. The number of anilines is 3. The highest BCUT2D eigenvalue weighted by atomic mass is 16.5. The minimum absolute atomic E-state index is 0.422. The number of nitrogens with two attached hydrogens (primary N) is 1. The predicted octanol–water partition coefficient (Wildman–Crippen LogP) is 1.10. The first-order valence-corrected chi connectivity index (χ1v) is 11.2. The second-order valence-electron chi connectivity index (χ2n) is 7.92. The zero-order valence-corrected chi connectivity index (χ0v) is 18.1. The summed E-state index contributed by atoms with van der Waals surface area (Å²) < 4.78 is 16.3. The zero-order valence-electron chi connectivity index (χ0n) is 18.1. The molecule has 1 saturated heterocycles. The molecule has 30 heavy (non-hydrogen) atoms. The van der Waals surface area contributed by atoms with Crippen LogP contribution in [-0.4, -0.2) is 86.8 Å². The lowest BCUT2D eigenvalue weighted by Crippen LogP contribution is -2.38. The van der Waals surface area contributed by atoms with Crippen LogP contribution in [0.3, 0.4) is 0 Å². The minimum atomic E-state index is 0.422. The molecule has 1 aromatic heterocycles. The number of aromatic nitrogens is 3. The summed E-state index contributed by atoms with van der Waals surface area (Å²) in [7, 11) is 0. The summed E-state index contributed by atoms with van der Waals surface area (Å²) in [6.45, 7) is 8.64. The van der Waals surface area contributed by atoms with Gasteiger partial charge >= 0.3 is 0 Å². The molecule has 1 aromatic rings. The number of ether oxygens (including phenoxy) is 3. The molecule has 0 amide bonds. The third kappa shape index (κ3) is 7.82. The van der Waals surface area contributed by atoms with E-state index < -0.39 is 0 Å². The summed E-state index contributed by atoms with van der Waals surface area (Å²) in [5, 5.41) is 6.80. The number of hydrogen-bond acceptors (Lipinski definition) is 10. The van der Waals surface area contributed by atoms with Gasteiger partial charge in [0.1, 0.15) is 0 Å². The second-order valence-corrected chi connectivity index (χ2v) is 7.92. The van der Waals surface area contributed by atoms with Gasteiger partial charge in [0.15, 0.2) is 0 Å². The first-order valence-electron chi connectivity index (χ1n) is 11.2. The smallest absolute Gasteiger partial charge is 0.232 e. The van der Waals surface area contributed by atoms with E-state index in [1.807, 2.05) is 0 Å². The van der Waals surface area contributed by atoms with E-state index in [-0.39, 0.29) is 0 Å². The van der Waals surface area contributed by atoms with Gasteiger partial charge in [-0.15, -0.1) is 0 Å². The second kappa shape index (κ2) is 12.8. The van der Waals surface area contributed by atoms with E-state index in [9.17, 15) is 0 Å². The molecule has 0 spiro atoms. The summed E-state index contributed by atoms with van der Waals surface area (Å²) in [6, 6.07) is 0.422. The monoisotopic (exact) mass is 423 g/mol. The molecule has 1 aliphatic heterocycles. The van der Waals surface area contributed by atoms with Crippen molar-refractivity contribution in [1.82, 2.24) is 15.0 Å². The largest absolute Gasteiger partial charge is 0.378 e. The first kappa shape index (κ1) is 22.9. The summed E-state index contributed by atoms with van der Waals surface area (Å²) >= 11 is 0. The van der Waals surface area contributed by atoms with Crippen LogP contribution >= 0.6 is 0 Å². The van der Waals surface area contributed by atoms with Gasteiger partial charge in [0.25, 0.3) is 0 Å². The van der Waals surface area contributed by atoms with Crippen molar-refractivity contribution >= 4 is 17.8 Å². The zero-order chi connectivity index (χ0) is 21.0. The Kier molecular flexibility index (Phi) is 9.81. The standard InChI is InChI=1S/C20H37N7O3/c1-16-2-4-17(5-3-16)23-19-24-18(22-7-11-29-15-14-28-10-6-21)25-20(26-19)27-8-12-30-13-9-27/h16-17H,2-15,21H2,1H3,(H2,22,23,24,25,26). The fourth-order valence-corrected chi connectivity index (χ4v) is 3.64. The van der Waals surface area contributed by atoms with E-state index in [2.05, 4.69) is 32.4 Å². The Morgan fingerprint density at radius 2 is 1.67 bits per heavy atom. The highest BCUT2D eigenvalue weighted by molar-refractivity contribution is 5.44. The molecule has 2 heterocycles. The number of morpholine rings is 1. The Morgan fingerprint density at radius 3 is 2.40 bits per heavy atom. The van der Waals surface area contributed by atoms with E-state index in [0.29, 0.717) is 76.6 Å². The quantitative estimate of drug-likeness (QED) is 0.422. The molecule has 4 N–H and O–H groups in total. The Balaban J connectivity index is 1.54. The maximum atomic E-state index is 5.57. The highest BCUT2D eigenvalue weighted by Crippen LogP contribution is 2.26. The summed E-state index contributed by atoms with van der Waals surface area (Å²) in [6.07, 6.45) is 4.80. The van der Waals surface area contributed by atoms with E-state index in [1.165, 1.54) is 12.8 Å². The molecule has 0 bridgehead atoms. The van der Waals surface area contributed by atoms with Crippen LogP contribution in [0, 0.1) is 5.92 Å². The fourth-order valence-electron chi connectivity index (χ4n) is 3.64. The van der Waals surface area contributed by atoms with Gasteiger partial charge in [-0.05, 0) is 31.6 Å². The van der Waals surface area contributed by atoms with Gasteiger partial charge in [-0.25, -0.2) is 0 Å². The van der Waals surface area contributed by atoms with Crippen molar-refractivity contribution in [3.8, 4) is 0 Å². The lowest BCUT2D eigenvalue weighted by Gasteiger charge is -2.29. The van der Waals surface area contributed by atoms with E-state index in [1.54, 1.807) is 0 Å². The third-order valence-corrected chi connectivity index (χ3v) is 5.43. The third-order valence-electron chi connectivity index (χ3n) is 5.43. The number of rotatable bonds is 12. The van der Waals surface area contributed by atoms with Crippen molar-refractivity contribution in [1.29, 1.82) is 0 Å². The Labute approximate surface area is 179 Å². The van der Waals surface area contributed by atoms with Crippen molar-refractivity contribution in [2.24, 2.45) is 11.7 Å². The maximum absolute atomic E-state index is 5.57. The van der Waals surface area contributed by atoms with Crippen molar-refractivity contribution < 1.29 is 14.2 Å². The van der Waals surface area contributed by atoms with Crippen LogP contribution in [0.25, 0.3) is 0 Å². The van der Waals surface area contributed by atoms with E-state index >= 15 is 0 Å². The molecule has 2 aliphatic rings. The summed E-state index contributed by atoms with van der Waals surface area (Å²) in [5.74, 6) is 2.72. The Bertz CT molecular complexity index is 608. The molecule has 0 unspecified atom stereocenters. The molecule has 0 atom stereocenters. The van der Waals surface area contributed by atoms with E-state index in [4.69, 9.17) is 24.9 Å². The maximum Gasteiger partial charge on any atom is 0.232 e. The van der Waals surface area contributed by atoms with Crippen LogP contribution in [0.2, 0.25) is 0 Å². The number of nitrogens with one attached hydrogen (secondary N) is 2. The van der Waals surface area contributed by atoms with Crippen molar-refractivity contribution in [2.45, 2.75) is 38.6 Å². The average Bonchev–Trinajstić information content (AvgIpc) is 2.78. The Morgan fingerprint density at radius 1 is 0.967 bits per heavy atom. The molecule has 1 saturated carbocycles.